The molecule has 0 atom stereocenters. The van der Waals surface area contributed by atoms with E-state index >= 15 is 0 Å². The Morgan fingerprint density at radius 1 is 1.21 bits per heavy atom. The number of aliphatic imine (C=N–C) groups is 1. The van der Waals surface area contributed by atoms with Gasteiger partial charge in [-0.15, -0.1) is 0 Å². The molecule has 2 heterocycles. The summed E-state index contributed by atoms with van der Waals surface area (Å²) in [5.74, 6) is 1.91. The van der Waals surface area contributed by atoms with Gasteiger partial charge in [-0.3, -0.25) is 9.79 Å². The molecule has 0 aromatic rings. The molecule has 1 aliphatic carbocycles. The van der Waals surface area contributed by atoms with E-state index in [0.717, 1.165) is 24.6 Å². The monoisotopic (exact) mass is 353 g/mol. The van der Waals surface area contributed by atoms with Gasteiger partial charge in [-0.2, -0.15) is 4.31 Å². The van der Waals surface area contributed by atoms with Crippen LogP contribution in [0.3, 0.4) is 0 Å². The lowest BCUT2D eigenvalue weighted by atomic mass is 9.82. The minimum absolute atomic E-state index is 0.0424. The molecule has 7 heteroatoms. The number of hydrogen-bond donors (Lipinski definition) is 1. The van der Waals surface area contributed by atoms with Crippen molar-refractivity contribution in [3.63, 3.8) is 0 Å². The molecule has 0 aromatic carbocycles. The van der Waals surface area contributed by atoms with E-state index in [1.54, 1.807) is 6.92 Å². The van der Waals surface area contributed by atoms with Crippen molar-refractivity contribution in [2.75, 3.05) is 13.1 Å². The van der Waals surface area contributed by atoms with E-state index in [2.05, 4.69) is 12.2 Å². The van der Waals surface area contributed by atoms with E-state index in [1.807, 2.05) is 0 Å². The van der Waals surface area contributed by atoms with Crippen molar-refractivity contribution in [2.24, 2.45) is 16.8 Å². The Balaban J connectivity index is 1.70. The molecular weight excluding hydrogens is 326 g/mol. The largest absolute Gasteiger partial charge is 0.312 e. The number of nitrogens with zero attached hydrogens (tertiary/aromatic N) is 2. The number of carbonyl (C=O) groups excluding carboxylic acids is 1. The van der Waals surface area contributed by atoms with Gasteiger partial charge < -0.3 is 5.32 Å². The van der Waals surface area contributed by atoms with Crippen LogP contribution in [0.2, 0.25) is 0 Å². The Kier molecular flexibility index (Phi) is 4.84. The maximum Gasteiger partial charge on any atom is 0.253 e. The minimum Gasteiger partial charge on any atom is -0.312 e. The number of carbonyl (C=O) groups is 1. The van der Waals surface area contributed by atoms with Crippen molar-refractivity contribution in [1.82, 2.24) is 9.62 Å². The molecule has 1 saturated heterocycles. The Morgan fingerprint density at radius 3 is 2.42 bits per heavy atom. The van der Waals surface area contributed by atoms with Crippen LogP contribution >= 0.6 is 0 Å². The fourth-order valence-electron chi connectivity index (χ4n) is 3.98. The normalized spacial score (nSPS) is 31.4. The first-order valence-electron chi connectivity index (χ1n) is 8.90. The van der Waals surface area contributed by atoms with Crippen molar-refractivity contribution in [2.45, 2.75) is 57.9 Å². The first-order valence-corrected chi connectivity index (χ1v) is 10.4. The second kappa shape index (κ2) is 6.59. The fourth-order valence-corrected chi connectivity index (χ4v) is 5.18. The summed E-state index contributed by atoms with van der Waals surface area (Å²) < 4.78 is 25.7. The molecule has 2 aliphatic heterocycles. The van der Waals surface area contributed by atoms with Crippen LogP contribution in [0.25, 0.3) is 0 Å². The van der Waals surface area contributed by atoms with Gasteiger partial charge in [0.25, 0.3) is 5.91 Å². The lowest BCUT2D eigenvalue weighted by molar-refractivity contribution is -0.124. The van der Waals surface area contributed by atoms with Crippen molar-refractivity contribution < 1.29 is 13.2 Å². The Hall–Kier alpha value is -1.21. The van der Waals surface area contributed by atoms with E-state index in [4.69, 9.17) is 4.99 Å². The highest BCUT2D eigenvalue weighted by Gasteiger charge is 2.48. The summed E-state index contributed by atoms with van der Waals surface area (Å²) in [5.41, 5.74) is -0.750. The van der Waals surface area contributed by atoms with E-state index in [0.29, 0.717) is 31.8 Å². The number of amides is 1. The Bertz CT molecular complexity index is 653. The highest BCUT2D eigenvalue weighted by Crippen LogP contribution is 2.35. The first-order chi connectivity index (χ1) is 11.4. The van der Waals surface area contributed by atoms with Gasteiger partial charge in [0.1, 0.15) is 11.4 Å². The number of sulfonamides is 1. The molecule has 1 amide bonds. The van der Waals surface area contributed by atoms with Crippen LogP contribution < -0.4 is 5.32 Å². The van der Waals surface area contributed by atoms with Crippen LogP contribution in [0, 0.1) is 11.8 Å². The summed E-state index contributed by atoms with van der Waals surface area (Å²) in [6.45, 7) is 4.65. The molecule has 6 nitrogen and oxygen atoms in total. The zero-order valence-electron chi connectivity index (χ0n) is 14.5. The summed E-state index contributed by atoms with van der Waals surface area (Å²) in [6, 6.07) is 0. The molecule has 24 heavy (non-hydrogen) atoms. The van der Waals surface area contributed by atoms with Crippen LogP contribution in [-0.2, 0) is 14.8 Å². The van der Waals surface area contributed by atoms with Crippen molar-refractivity contribution in [1.29, 1.82) is 0 Å². The molecule has 2 fully saturated rings. The smallest absolute Gasteiger partial charge is 0.253 e. The maximum atomic E-state index is 12.5. The maximum absolute atomic E-state index is 12.5. The molecule has 1 spiro atoms. The second-order valence-electron chi connectivity index (χ2n) is 7.35. The predicted molar refractivity (Wildman–Crippen MR) is 94.0 cm³/mol. The highest BCUT2D eigenvalue weighted by molar-refractivity contribution is 7.92. The van der Waals surface area contributed by atoms with Crippen LogP contribution in [0.1, 0.15) is 52.4 Å². The lowest BCUT2D eigenvalue weighted by Crippen LogP contribution is -2.50. The van der Waals surface area contributed by atoms with Gasteiger partial charge in [0.05, 0.1) is 0 Å². The van der Waals surface area contributed by atoms with Crippen LogP contribution in [0.5, 0.6) is 0 Å². The number of allylic oxidation sites excluding steroid dienone is 1. The van der Waals surface area contributed by atoms with Gasteiger partial charge >= 0.3 is 0 Å². The summed E-state index contributed by atoms with van der Waals surface area (Å²) >= 11 is 0. The summed E-state index contributed by atoms with van der Waals surface area (Å²) in [6.07, 6.45) is 6.98. The van der Waals surface area contributed by atoms with Gasteiger partial charge in [-0.05, 0) is 38.5 Å². The lowest BCUT2D eigenvalue weighted by Gasteiger charge is -2.34. The van der Waals surface area contributed by atoms with Gasteiger partial charge in [0.2, 0.25) is 10.0 Å². The number of hydrogen-bond acceptors (Lipinski definition) is 4. The molecular formula is C17H27N3O3S. The van der Waals surface area contributed by atoms with Gasteiger partial charge in [0, 0.05) is 24.4 Å². The first kappa shape index (κ1) is 17.6. The zero-order valence-corrected chi connectivity index (χ0v) is 15.3. The quantitative estimate of drug-likeness (QED) is 0.843. The van der Waals surface area contributed by atoms with Crippen LogP contribution in [0.4, 0.5) is 0 Å². The van der Waals surface area contributed by atoms with E-state index in [-0.39, 0.29) is 5.91 Å². The molecule has 0 unspecified atom stereocenters. The fraction of sp³-hybridized carbons (Fsp3) is 0.765. The van der Waals surface area contributed by atoms with Gasteiger partial charge in [-0.1, -0.05) is 25.8 Å². The summed E-state index contributed by atoms with van der Waals surface area (Å²) in [4.78, 5) is 17.3. The SMILES string of the molecule is C/C=C/S(=O)(=O)N1CCC2(CC1)N=C(C1CCC(C)CC1)NC2=O. The topological polar surface area (TPSA) is 78.8 Å². The van der Waals surface area contributed by atoms with Crippen molar-refractivity contribution in [3.05, 3.63) is 11.5 Å². The molecule has 1 saturated carbocycles. The Morgan fingerprint density at radius 2 is 1.83 bits per heavy atom. The van der Waals surface area contributed by atoms with E-state index < -0.39 is 15.6 Å². The highest BCUT2D eigenvalue weighted by atomic mass is 32.2. The van der Waals surface area contributed by atoms with Crippen LogP contribution in [0.15, 0.2) is 16.5 Å². The molecule has 0 radical (unpaired) electrons. The number of amidine groups is 1. The number of nitrogens with one attached hydrogen (secondary N) is 1. The molecule has 1 N–H and O–H groups in total. The van der Waals surface area contributed by atoms with Crippen LogP contribution in [-0.4, -0.2) is 43.1 Å². The van der Waals surface area contributed by atoms with Crippen molar-refractivity contribution >= 4 is 21.8 Å². The third kappa shape index (κ3) is 3.28. The molecule has 3 rings (SSSR count). The standard InChI is InChI=1S/C17H27N3O3S/c1-3-12-24(22,23)20-10-8-17(9-11-20)16(21)18-15(19-17)14-6-4-13(2)5-7-14/h3,12-14H,4-11H2,1-2H3,(H,18,19,21)/b12-3+. The third-order valence-electron chi connectivity index (χ3n) is 5.62. The van der Waals surface area contributed by atoms with E-state index in [1.165, 1.54) is 28.6 Å². The second-order valence-corrected chi connectivity index (χ2v) is 9.17. The zero-order chi connectivity index (χ0) is 17.4. The van der Waals surface area contributed by atoms with Crippen molar-refractivity contribution in [3.8, 4) is 0 Å². The summed E-state index contributed by atoms with van der Waals surface area (Å²) in [7, 11) is -3.36. The van der Waals surface area contributed by atoms with Gasteiger partial charge in [-0.25, -0.2) is 8.42 Å². The minimum atomic E-state index is -3.36. The molecule has 0 aromatic heterocycles. The van der Waals surface area contributed by atoms with Gasteiger partial charge in [0.15, 0.2) is 0 Å². The molecule has 134 valence electrons. The molecule has 3 aliphatic rings. The number of piperidine rings is 1. The molecule has 0 bridgehead atoms. The Labute approximate surface area is 144 Å². The summed E-state index contributed by atoms with van der Waals surface area (Å²) in [5, 5.41) is 4.23. The van der Waals surface area contributed by atoms with E-state index in [9.17, 15) is 13.2 Å². The predicted octanol–water partition coefficient (Wildman–Crippen LogP) is 2.04. The number of rotatable bonds is 3. The third-order valence-corrected chi connectivity index (χ3v) is 7.32. The average Bonchev–Trinajstić information content (AvgIpc) is 2.85. The average molecular weight is 353 g/mol.